The van der Waals surface area contributed by atoms with E-state index in [0.29, 0.717) is 0 Å². The van der Waals surface area contributed by atoms with E-state index in [0.717, 1.165) is 30.8 Å². The van der Waals surface area contributed by atoms with Gasteiger partial charge in [0, 0.05) is 11.5 Å². The average Bonchev–Trinajstić information content (AvgIpc) is 2.72. The van der Waals surface area contributed by atoms with E-state index in [9.17, 15) is 0 Å². The van der Waals surface area contributed by atoms with Gasteiger partial charge in [0.1, 0.15) is 22.7 Å². The van der Waals surface area contributed by atoms with Crippen molar-refractivity contribution in [3.05, 3.63) is 34.9 Å². The number of unbranched alkanes of at least 4 members (excludes halogenated alkanes) is 2. The van der Waals surface area contributed by atoms with Crippen LogP contribution in [0.1, 0.15) is 118 Å². The van der Waals surface area contributed by atoms with Crippen molar-refractivity contribution < 1.29 is 13.6 Å². The van der Waals surface area contributed by atoms with Gasteiger partial charge in [0.25, 0.3) is 0 Å². The topological polar surface area (TPSA) is 27.7 Å². The summed E-state index contributed by atoms with van der Waals surface area (Å²) in [6.07, 6.45) is 9.23. The van der Waals surface area contributed by atoms with Crippen molar-refractivity contribution in [2.45, 2.75) is 161 Å². The summed E-state index contributed by atoms with van der Waals surface area (Å²) < 4.78 is 21.8. The van der Waals surface area contributed by atoms with Crippen LogP contribution in [0.5, 0.6) is 11.5 Å². The number of ether oxygens (including phenoxy) is 1. The Morgan fingerprint density at radius 3 is 2.11 bits per heavy atom. The fourth-order valence-electron chi connectivity index (χ4n) is 5.52. The molecule has 3 rings (SSSR count). The fourth-order valence-corrected chi connectivity index (χ4v) is 8.24. The second-order valence-corrected chi connectivity index (χ2v) is 25.1. The van der Waals surface area contributed by atoms with E-state index in [1.165, 1.54) is 36.0 Å². The highest BCUT2D eigenvalue weighted by Gasteiger charge is 2.61. The Morgan fingerprint density at radius 2 is 1.55 bits per heavy atom. The summed E-state index contributed by atoms with van der Waals surface area (Å²) >= 11 is 0. The van der Waals surface area contributed by atoms with E-state index in [2.05, 4.69) is 114 Å². The predicted octanol–water partition coefficient (Wildman–Crippen LogP) is 10.6. The van der Waals surface area contributed by atoms with Crippen molar-refractivity contribution in [2.24, 2.45) is 0 Å². The highest BCUT2D eigenvalue weighted by molar-refractivity contribution is 6.75. The highest BCUT2D eigenvalue weighted by atomic mass is 28.4. The number of benzene rings is 1. The van der Waals surface area contributed by atoms with Crippen molar-refractivity contribution in [1.82, 2.24) is 0 Å². The number of hydrogen-bond acceptors (Lipinski definition) is 3. The summed E-state index contributed by atoms with van der Waals surface area (Å²) in [5.41, 5.74) is 3.09. The Balaban J connectivity index is 2.28. The van der Waals surface area contributed by atoms with Crippen molar-refractivity contribution in [2.75, 3.05) is 0 Å². The number of hydrogen-bond donors (Lipinski definition) is 0. The SMILES string of the molecule is CCCCCc1cc2c(c(O[Si](C)(C)C(C)(C)C)c1)[C@@H]1C=C(C)CC[C@]1(O[Si](C)(C)C(C)(C)C)C(C)(C)O2. The molecule has 0 amide bonds. The monoisotopic (exact) mass is 558 g/mol. The first kappa shape index (κ1) is 31.5. The Bertz CT molecular complexity index is 1040. The first-order valence-corrected chi connectivity index (χ1v) is 20.9. The Labute approximate surface area is 237 Å². The number of fused-ring (bicyclic) bond motifs is 3. The lowest BCUT2D eigenvalue weighted by Gasteiger charge is -2.59. The largest absolute Gasteiger partial charge is 0.543 e. The molecule has 2 aliphatic rings. The summed E-state index contributed by atoms with van der Waals surface area (Å²) in [7, 11) is -4.19. The molecule has 0 saturated carbocycles. The van der Waals surface area contributed by atoms with E-state index in [4.69, 9.17) is 13.6 Å². The highest BCUT2D eigenvalue weighted by Crippen LogP contribution is 2.60. The van der Waals surface area contributed by atoms with Gasteiger partial charge >= 0.3 is 0 Å². The lowest BCUT2D eigenvalue weighted by atomic mass is 9.64. The lowest BCUT2D eigenvalue weighted by Crippen LogP contribution is -2.66. The summed E-state index contributed by atoms with van der Waals surface area (Å²) in [6.45, 7) is 32.6. The maximum Gasteiger partial charge on any atom is 0.250 e. The van der Waals surface area contributed by atoms with Gasteiger partial charge < -0.3 is 13.6 Å². The Hall–Kier alpha value is -1.05. The van der Waals surface area contributed by atoms with Gasteiger partial charge in [-0.25, -0.2) is 0 Å². The Morgan fingerprint density at radius 1 is 0.947 bits per heavy atom. The molecule has 1 heterocycles. The maximum absolute atomic E-state index is 7.54. The molecule has 216 valence electrons. The molecule has 3 nitrogen and oxygen atoms in total. The molecule has 0 radical (unpaired) electrons. The second-order valence-electron chi connectivity index (χ2n) is 15.7. The molecule has 0 spiro atoms. The molecule has 1 aliphatic carbocycles. The molecule has 38 heavy (non-hydrogen) atoms. The van der Waals surface area contributed by atoms with E-state index >= 15 is 0 Å². The molecular weight excluding hydrogens is 501 g/mol. The van der Waals surface area contributed by atoms with Crippen LogP contribution >= 0.6 is 0 Å². The van der Waals surface area contributed by atoms with Crippen molar-refractivity contribution in [3.8, 4) is 11.5 Å². The minimum Gasteiger partial charge on any atom is -0.543 e. The quantitative estimate of drug-likeness (QED) is 0.180. The van der Waals surface area contributed by atoms with Crippen LogP contribution < -0.4 is 9.16 Å². The zero-order valence-corrected chi connectivity index (χ0v) is 29.3. The predicted molar refractivity (Wildman–Crippen MR) is 169 cm³/mol. The Kier molecular flexibility index (Phi) is 8.63. The van der Waals surface area contributed by atoms with Gasteiger partial charge in [-0.2, -0.15) is 0 Å². The minimum atomic E-state index is -2.11. The van der Waals surface area contributed by atoms with Gasteiger partial charge in [-0.3, -0.25) is 0 Å². The van der Waals surface area contributed by atoms with E-state index < -0.39 is 27.8 Å². The molecule has 0 saturated heterocycles. The van der Waals surface area contributed by atoms with Crippen LogP contribution in [-0.2, 0) is 10.8 Å². The second kappa shape index (κ2) is 10.4. The van der Waals surface area contributed by atoms with Crippen LogP contribution in [0.4, 0.5) is 0 Å². The van der Waals surface area contributed by atoms with E-state index in [-0.39, 0.29) is 16.0 Å². The van der Waals surface area contributed by atoms with Crippen LogP contribution in [-0.4, -0.2) is 27.8 Å². The molecule has 1 aliphatic heterocycles. The van der Waals surface area contributed by atoms with E-state index in [1.54, 1.807) is 0 Å². The third-order valence-electron chi connectivity index (χ3n) is 10.2. The molecule has 0 bridgehead atoms. The van der Waals surface area contributed by atoms with Crippen LogP contribution in [0.2, 0.25) is 36.3 Å². The molecule has 0 unspecified atom stereocenters. The van der Waals surface area contributed by atoms with Gasteiger partial charge in [-0.1, -0.05) is 73.0 Å². The van der Waals surface area contributed by atoms with Gasteiger partial charge in [0.2, 0.25) is 8.32 Å². The lowest BCUT2D eigenvalue weighted by molar-refractivity contribution is -0.134. The van der Waals surface area contributed by atoms with Crippen molar-refractivity contribution in [1.29, 1.82) is 0 Å². The molecule has 5 heteroatoms. The normalized spacial score (nSPS) is 23.7. The average molecular weight is 559 g/mol. The van der Waals surface area contributed by atoms with Crippen LogP contribution in [0.25, 0.3) is 0 Å². The van der Waals surface area contributed by atoms with Gasteiger partial charge in [-0.05, 0) is 100 Å². The standard InChI is InChI=1S/C33H58O3Si2/c1-15-16-17-18-25-22-27-29(28(23-25)35-37(11,12)30(3,4)5)26-21-24(2)19-20-33(26,32(9,10)34-27)36-38(13,14)31(6,7)8/h21-23,26H,15-20H2,1-14H3/t26-,33+/m0/s1. The first-order valence-electron chi connectivity index (χ1n) is 15.1. The molecule has 1 aromatic carbocycles. The third-order valence-corrected chi connectivity index (χ3v) is 19.0. The molecule has 0 N–H and O–H groups in total. The first-order chi connectivity index (χ1) is 17.2. The maximum atomic E-state index is 7.54. The smallest absolute Gasteiger partial charge is 0.250 e. The van der Waals surface area contributed by atoms with Gasteiger partial charge in [0.15, 0.2) is 8.32 Å². The molecule has 0 aromatic heterocycles. The van der Waals surface area contributed by atoms with E-state index in [1.807, 2.05) is 0 Å². The summed E-state index contributed by atoms with van der Waals surface area (Å²) in [6, 6.07) is 4.67. The zero-order chi connectivity index (χ0) is 28.9. The molecular formula is C33H58O3Si2. The van der Waals surface area contributed by atoms with Crippen LogP contribution in [0.3, 0.4) is 0 Å². The molecule has 0 fully saturated rings. The van der Waals surface area contributed by atoms with Gasteiger partial charge in [0.05, 0.1) is 0 Å². The minimum absolute atomic E-state index is 0.105. The van der Waals surface area contributed by atoms with Gasteiger partial charge in [-0.15, -0.1) is 0 Å². The summed E-state index contributed by atoms with van der Waals surface area (Å²) in [4.78, 5) is 0. The number of rotatable bonds is 8. The van der Waals surface area contributed by atoms with Crippen LogP contribution in [0, 0.1) is 0 Å². The molecule has 1 aromatic rings. The zero-order valence-electron chi connectivity index (χ0n) is 27.3. The fraction of sp³-hybridized carbons (Fsp3) is 0.758. The summed E-state index contributed by atoms with van der Waals surface area (Å²) in [5.74, 6) is 2.15. The van der Waals surface area contributed by atoms with Crippen molar-refractivity contribution in [3.63, 3.8) is 0 Å². The van der Waals surface area contributed by atoms with Crippen LogP contribution in [0.15, 0.2) is 23.8 Å². The number of aryl methyl sites for hydroxylation is 1. The van der Waals surface area contributed by atoms with Crippen molar-refractivity contribution >= 4 is 16.6 Å². The number of allylic oxidation sites excluding steroid dienone is 1. The summed E-state index contributed by atoms with van der Waals surface area (Å²) in [5, 5.41) is 0.225. The molecule has 2 atom stereocenters. The third kappa shape index (κ3) is 5.86.